The van der Waals surface area contributed by atoms with E-state index in [9.17, 15) is 22.8 Å². The average molecular weight is 450 g/mol. The molecule has 3 N–H and O–H groups in total. The van der Waals surface area contributed by atoms with Crippen molar-refractivity contribution in [2.75, 3.05) is 33.8 Å². The molecule has 1 aromatic heterocycles. The van der Waals surface area contributed by atoms with Crippen molar-refractivity contribution in [2.45, 2.75) is 39.7 Å². The van der Waals surface area contributed by atoms with Crippen LogP contribution in [0.3, 0.4) is 0 Å². The lowest BCUT2D eigenvalue weighted by atomic mass is 10.1. The van der Waals surface area contributed by atoms with Crippen molar-refractivity contribution in [1.29, 1.82) is 0 Å². The summed E-state index contributed by atoms with van der Waals surface area (Å²) < 4.78 is 26.8. The molecule has 1 saturated heterocycles. The molecule has 168 valence electrons. The first kappa shape index (κ1) is 22.6. The number of aromatic amines is 1. The fourth-order valence-electron chi connectivity index (χ4n) is 3.64. The Morgan fingerprint density at radius 2 is 1.87 bits per heavy atom. The van der Waals surface area contributed by atoms with Crippen LogP contribution in [0.15, 0.2) is 33.9 Å². The van der Waals surface area contributed by atoms with E-state index in [4.69, 9.17) is 5.73 Å². The summed E-state index contributed by atoms with van der Waals surface area (Å²) in [6.45, 7) is 4.55. The zero-order valence-corrected chi connectivity index (χ0v) is 18.4. The minimum absolute atomic E-state index is 0.0582. The van der Waals surface area contributed by atoms with Crippen molar-refractivity contribution in [2.24, 2.45) is 0 Å². The van der Waals surface area contributed by atoms with Crippen LogP contribution in [-0.4, -0.2) is 42.7 Å². The Kier molecular flexibility index (Phi) is 6.54. The Balaban J connectivity index is 1.95. The van der Waals surface area contributed by atoms with E-state index in [-0.39, 0.29) is 29.4 Å². The van der Waals surface area contributed by atoms with E-state index in [1.165, 1.54) is 25.9 Å². The Hall–Kier alpha value is -3.08. The molecule has 11 heteroatoms. The minimum atomic E-state index is -3.32. The zero-order valence-electron chi connectivity index (χ0n) is 17.6. The fourth-order valence-corrected chi connectivity index (χ4v) is 5.20. The van der Waals surface area contributed by atoms with E-state index < -0.39 is 27.2 Å². The largest absolute Gasteiger partial charge is 0.383 e. The molecule has 2 aromatic rings. The van der Waals surface area contributed by atoms with Gasteiger partial charge in [0.1, 0.15) is 5.82 Å². The standard InChI is InChI=1S/C20H27N5O5S/c1-3-5-11-24-17(21)16(18(26)22-20(24)28)23(4-2)19(27)14-7-9-15(10-8-14)25-12-6-13-31(25,29)30/h7-10H,3-6,11-13,21H2,1-2H3,(H,22,26,28). The van der Waals surface area contributed by atoms with Crippen LogP contribution in [0.5, 0.6) is 0 Å². The Bertz CT molecular complexity index is 1180. The van der Waals surface area contributed by atoms with Gasteiger partial charge in [0.25, 0.3) is 11.5 Å². The zero-order chi connectivity index (χ0) is 22.8. The summed E-state index contributed by atoms with van der Waals surface area (Å²) in [5.41, 5.74) is 5.47. The highest BCUT2D eigenvalue weighted by Crippen LogP contribution is 2.25. The molecule has 0 bridgehead atoms. The smallest absolute Gasteiger partial charge is 0.330 e. The maximum Gasteiger partial charge on any atom is 0.330 e. The van der Waals surface area contributed by atoms with Crippen LogP contribution >= 0.6 is 0 Å². The summed E-state index contributed by atoms with van der Waals surface area (Å²) in [6, 6.07) is 6.18. The number of nitrogens with one attached hydrogen (secondary N) is 1. The van der Waals surface area contributed by atoms with Gasteiger partial charge >= 0.3 is 5.69 Å². The number of nitrogens with zero attached hydrogens (tertiary/aromatic N) is 3. The maximum atomic E-state index is 13.1. The van der Waals surface area contributed by atoms with Gasteiger partial charge < -0.3 is 10.6 Å². The first-order chi connectivity index (χ1) is 14.7. The number of hydrogen-bond acceptors (Lipinski definition) is 6. The van der Waals surface area contributed by atoms with E-state index in [0.717, 1.165) is 6.42 Å². The van der Waals surface area contributed by atoms with Crippen LogP contribution in [0, 0.1) is 0 Å². The van der Waals surface area contributed by atoms with Gasteiger partial charge in [-0.05, 0) is 44.0 Å². The molecule has 1 aliphatic rings. The normalized spacial score (nSPS) is 15.2. The molecule has 1 fully saturated rings. The molecule has 0 unspecified atom stereocenters. The third kappa shape index (κ3) is 4.36. The lowest BCUT2D eigenvalue weighted by Crippen LogP contribution is -2.41. The first-order valence-corrected chi connectivity index (χ1v) is 11.9. The highest BCUT2D eigenvalue weighted by Gasteiger charge is 2.29. The number of sulfonamides is 1. The highest BCUT2D eigenvalue weighted by atomic mass is 32.2. The van der Waals surface area contributed by atoms with Crippen LogP contribution in [0.25, 0.3) is 0 Å². The molecule has 3 rings (SSSR count). The van der Waals surface area contributed by atoms with E-state index in [1.54, 1.807) is 19.1 Å². The summed E-state index contributed by atoms with van der Waals surface area (Å²) in [4.78, 5) is 41.3. The molecule has 1 aliphatic heterocycles. The van der Waals surface area contributed by atoms with Crippen molar-refractivity contribution in [3.63, 3.8) is 0 Å². The predicted molar refractivity (Wildman–Crippen MR) is 120 cm³/mol. The van der Waals surface area contributed by atoms with E-state index in [1.807, 2.05) is 6.92 Å². The molecular weight excluding hydrogens is 422 g/mol. The van der Waals surface area contributed by atoms with Crippen molar-refractivity contribution < 1.29 is 13.2 Å². The first-order valence-electron chi connectivity index (χ1n) is 10.3. The van der Waals surface area contributed by atoms with E-state index >= 15 is 0 Å². The van der Waals surface area contributed by atoms with Gasteiger partial charge in [0, 0.05) is 25.2 Å². The van der Waals surface area contributed by atoms with Crippen LogP contribution in [-0.2, 0) is 16.6 Å². The number of anilines is 3. The molecule has 10 nitrogen and oxygen atoms in total. The number of unbranched alkanes of at least 4 members (excludes halogenated alkanes) is 1. The number of rotatable bonds is 7. The van der Waals surface area contributed by atoms with Gasteiger partial charge in [0.2, 0.25) is 10.0 Å². The number of aromatic nitrogens is 2. The van der Waals surface area contributed by atoms with E-state index in [2.05, 4.69) is 4.98 Å². The Morgan fingerprint density at radius 3 is 2.42 bits per heavy atom. The van der Waals surface area contributed by atoms with Crippen LogP contribution in [0.4, 0.5) is 17.2 Å². The third-order valence-electron chi connectivity index (χ3n) is 5.28. The summed E-state index contributed by atoms with van der Waals surface area (Å²) in [6.07, 6.45) is 2.08. The number of amides is 1. The summed E-state index contributed by atoms with van der Waals surface area (Å²) >= 11 is 0. The molecule has 0 atom stereocenters. The van der Waals surface area contributed by atoms with Crippen LogP contribution in [0.1, 0.15) is 43.5 Å². The van der Waals surface area contributed by atoms with E-state index in [0.29, 0.717) is 31.6 Å². The number of H-pyrrole nitrogens is 1. The van der Waals surface area contributed by atoms with Gasteiger partial charge in [-0.3, -0.25) is 23.4 Å². The van der Waals surface area contributed by atoms with Gasteiger partial charge in [0.15, 0.2) is 5.69 Å². The molecule has 0 radical (unpaired) electrons. The number of carbonyl (C=O) groups excluding carboxylic acids is 1. The monoisotopic (exact) mass is 449 g/mol. The second-order valence-corrected chi connectivity index (χ2v) is 9.35. The third-order valence-corrected chi connectivity index (χ3v) is 7.15. The molecule has 2 heterocycles. The summed E-state index contributed by atoms with van der Waals surface area (Å²) in [5, 5.41) is 0. The summed E-state index contributed by atoms with van der Waals surface area (Å²) in [5.74, 6) is -0.430. The molecule has 31 heavy (non-hydrogen) atoms. The van der Waals surface area contributed by atoms with Gasteiger partial charge in [-0.15, -0.1) is 0 Å². The number of nitrogen functional groups attached to an aromatic ring is 1. The van der Waals surface area contributed by atoms with Gasteiger partial charge in [-0.25, -0.2) is 13.2 Å². The summed E-state index contributed by atoms with van der Waals surface area (Å²) in [7, 11) is -3.32. The molecule has 0 aliphatic carbocycles. The molecule has 0 saturated carbocycles. The number of nitrogens with two attached hydrogens (primary N) is 1. The highest BCUT2D eigenvalue weighted by molar-refractivity contribution is 7.93. The lowest BCUT2D eigenvalue weighted by molar-refractivity contribution is 0.0988. The van der Waals surface area contributed by atoms with Crippen molar-refractivity contribution in [3.05, 3.63) is 50.7 Å². The van der Waals surface area contributed by atoms with Crippen molar-refractivity contribution in [1.82, 2.24) is 9.55 Å². The minimum Gasteiger partial charge on any atom is -0.383 e. The molecule has 1 amide bonds. The van der Waals surface area contributed by atoms with Gasteiger partial charge in [0.05, 0.1) is 11.4 Å². The average Bonchev–Trinajstić information content (AvgIpc) is 3.09. The topological polar surface area (TPSA) is 139 Å². The van der Waals surface area contributed by atoms with Crippen LogP contribution in [0.2, 0.25) is 0 Å². The number of carbonyl (C=O) groups is 1. The second kappa shape index (κ2) is 8.96. The van der Waals surface area contributed by atoms with Crippen molar-refractivity contribution >= 4 is 33.1 Å². The fraction of sp³-hybridized carbons (Fsp3) is 0.450. The lowest BCUT2D eigenvalue weighted by Gasteiger charge is -2.23. The molecule has 0 spiro atoms. The van der Waals surface area contributed by atoms with Crippen LogP contribution < -0.4 is 26.2 Å². The van der Waals surface area contributed by atoms with Gasteiger partial charge in [-0.2, -0.15) is 0 Å². The van der Waals surface area contributed by atoms with Gasteiger partial charge in [-0.1, -0.05) is 13.3 Å². The molecular formula is C20H27N5O5S. The molecule has 1 aromatic carbocycles. The second-order valence-electron chi connectivity index (χ2n) is 7.34. The predicted octanol–water partition coefficient (Wildman–Crippen LogP) is 1.13. The number of benzene rings is 1. The quantitative estimate of drug-likeness (QED) is 0.650. The maximum absolute atomic E-state index is 13.1. The Labute approximate surface area is 180 Å². The Morgan fingerprint density at radius 1 is 1.19 bits per heavy atom. The SMILES string of the molecule is CCCCn1c(N)c(N(CC)C(=O)c2ccc(N3CCCS3(=O)=O)cc2)c(=O)[nH]c1=O. The number of hydrogen-bond donors (Lipinski definition) is 2. The van der Waals surface area contributed by atoms with Crippen molar-refractivity contribution in [3.8, 4) is 0 Å².